The van der Waals surface area contributed by atoms with E-state index in [0.29, 0.717) is 0 Å². The fraction of sp³-hybridized carbons (Fsp3) is 0.789. The Morgan fingerprint density at radius 3 is 1.52 bits per heavy atom. The average Bonchev–Trinajstić information content (AvgIpc) is 2.41. The summed E-state index contributed by atoms with van der Waals surface area (Å²) in [4.78, 5) is 0. The summed E-state index contributed by atoms with van der Waals surface area (Å²) >= 11 is 0. The van der Waals surface area contributed by atoms with Crippen molar-refractivity contribution in [1.82, 2.24) is 0 Å². The van der Waals surface area contributed by atoms with Crippen LogP contribution in [-0.4, -0.2) is 5.54 Å². The molecule has 0 rings (SSSR count). The van der Waals surface area contributed by atoms with Crippen LogP contribution in [-0.2, 0) is 0 Å². The van der Waals surface area contributed by atoms with Crippen LogP contribution in [0.2, 0.25) is 0 Å². The monoisotopic (exact) mass is 315 g/mol. The summed E-state index contributed by atoms with van der Waals surface area (Å²) < 4.78 is 0. The molecule has 0 saturated carbocycles. The molecule has 0 fully saturated rings. The molecular formula is C19H38ClN. The highest BCUT2D eigenvalue weighted by molar-refractivity contribution is 5.85. The largest absolute Gasteiger partial charge is 0.325 e. The van der Waals surface area contributed by atoms with Gasteiger partial charge in [-0.2, -0.15) is 0 Å². The molecule has 0 radical (unpaired) electrons. The molecule has 0 aromatic heterocycles. The smallest absolute Gasteiger partial charge is 0.0223 e. The van der Waals surface area contributed by atoms with E-state index < -0.39 is 0 Å². The zero-order valence-corrected chi connectivity index (χ0v) is 15.1. The number of rotatable bonds is 15. The van der Waals surface area contributed by atoms with E-state index in [0.717, 1.165) is 19.3 Å². The number of nitrogens with two attached hydrogens (primary N) is 1. The second-order valence-electron chi connectivity index (χ2n) is 6.28. The summed E-state index contributed by atoms with van der Waals surface area (Å²) in [7, 11) is 0. The Bertz CT molecular complexity index is 228. The predicted octanol–water partition coefficient (Wildman–Crippen LogP) is 6.57. The summed E-state index contributed by atoms with van der Waals surface area (Å²) in [5, 5.41) is 0. The number of hydrogen-bond acceptors (Lipinski definition) is 1. The number of halogens is 1. The molecule has 2 heteroatoms. The first-order valence-electron chi connectivity index (χ1n) is 8.69. The van der Waals surface area contributed by atoms with Gasteiger partial charge < -0.3 is 5.73 Å². The van der Waals surface area contributed by atoms with Crippen LogP contribution in [0.3, 0.4) is 0 Å². The van der Waals surface area contributed by atoms with Gasteiger partial charge in [0.2, 0.25) is 0 Å². The van der Waals surface area contributed by atoms with Crippen molar-refractivity contribution in [1.29, 1.82) is 0 Å². The molecule has 0 saturated heterocycles. The Kier molecular flexibility index (Phi) is 17.6. The minimum atomic E-state index is -0.0936. The molecule has 2 N–H and O–H groups in total. The van der Waals surface area contributed by atoms with E-state index in [1.165, 1.54) is 64.2 Å². The van der Waals surface area contributed by atoms with Gasteiger partial charge in [0.1, 0.15) is 0 Å². The van der Waals surface area contributed by atoms with Crippen molar-refractivity contribution in [2.45, 2.75) is 95.9 Å². The van der Waals surface area contributed by atoms with Crippen molar-refractivity contribution >= 4 is 12.4 Å². The topological polar surface area (TPSA) is 26.0 Å². The standard InChI is InChI=1S/C19H37N.ClH/c1-4-7-8-9-10-11-12-13-14-15-18-19(20,16-5-2)17-6-3;/h5-6H,2-4,7-18,20H2,1H3;1H. The van der Waals surface area contributed by atoms with Crippen molar-refractivity contribution in [3.63, 3.8) is 0 Å². The van der Waals surface area contributed by atoms with Gasteiger partial charge in [0.05, 0.1) is 0 Å². The molecule has 0 aliphatic rings. The first kappa shape index (κ1) is 23.0. The molecule has 126 valence electrons. The molecule has 0 aliphatic carbocycles. The highest BCUT2D eigenvalue weighted by Crippen LogP contribution is 2.22. The molecule has 21 heavy (non-hydrogen) atoms. The second-order valence-corrected chi connectivity index (χ2v) is 6.28. The van der Waals surface area contributed by atoms with E-state index in [1.54, 1.807) is 0 Å². The molecule has 0 unspecified atom stereocenters. The Labute approximate surface area is 139 Å². The SMILES string of the molecule is C=CCC(N)(CC=C)CCCCCCCCCCCC.Cl. The molecule has 0 bridgehead atoms. The fourth-order valence-corrected chi connectivity index (χ4v) is 2.83. The Morgan fingerprint density at radius 1 is 0.762 bits per heavy atom. The van der Waals surface area contributed by atoms with Crippen molar-refractivity contribution in [2.75, 3.05) is 0 Å². The summed E-state index contributed by atoms with van der Waals surface area (Å²) in [6, 6.07) is 0. The van der Waals surface area contributed by atoms with Crippen molar-refractivity contribution < 1.29 is 0 Å². The summed E-state index contributed by atoms with van der Waals surface area (Å²) in [6.45, 7) is 9.90. The van der Waals surface area contributed by atoms with Crippen LogP contribution < -0.4 is 5.73 Å². The van der Waals surface area contributed by atoms with Gasteiger partial charge in [-0.25, -0.2) is 0 Å². The van der Waals surface area contributed by atoms with Crippen LogP contribution >= 0.6 is 12.4 Å². The third kappa shape index (κ3) is 14.4. The van der Waals surface area contributed by atoms with Gasteiger partial charge in [-0.1, -0.05) is 83.3 Å². The Morgan fingerprint density at radius 2 is 1.14 bits per heavy atom. The number of hydrogen-bond donors (Lipinski definition) is 1. The van der Waals surface area contributed by atoms with Gasteiger partial charge in [0, 0.05) is 5.54 Å². The van der Waals surface area contributed by atoms with Crippen LogP contribution in [0.5, 0.6) is 0 Å². The number of unbranched alkanes of at least 4 members (excludes halogenated alkanes) is 9. The summed E-state index contributed by atoms with van der Waals surface area (Å²) in [5.41, 5.74) is 6.29. The predicted molar refractivity (Wildman–Crippen MR) is 100 cm³/mol. The lowest BCUT2D eigenvalue weighted by Gasteiger charge is -2.27. The third-order valence-corrected chi connectivity index (χ3v) is 4.13. The van der Waals surface area contributed by atoms with Gasteiger partial charge in [-0.3, -0.25) is 0 Å². The highest BCUT2D eigenvalue weighted by Gasteiger charge is 2.20. The van der Waals surface area contributed by atoms with Crippen LogP contribution in [0.4, 0.5) is 0 Å². The van der Waals surface area contributed by atoms with Crippen LogP contribution in [0.15, 0.2) is 25.3 Å². The molecule has 0 aromatic carbocycles. The molecule has 0 aromatic rings. The van der Waals surface area contributed by atoms with Crippen LogP contribution in [0, 0.1) is 0 Å². The zero-order valence-electron chi connectivity index (χ0n) is 14.2. The van der Waals surface area contributed by atoms with Crippen LogP contribution in [0.25, 0.3) is 0 Å². The van der Waals surface area contributed by atoms with Gasteiger partial charge in [-0.05, 0) is 19.3 Å². The van der Waals surface area contributed by atoms with Gasteiger partial charge in [-0.15, -0.1) is 25.6 Å². The van der Waals surface area contributed by atoms with Crippen molar-refractivity contribution in [3.8, 4) is 0 Å². The highest BCUT2D eigenvalue weighted by atomic mass is 35.5. The summed E-state index contributed by atoms with van der Waals surface area (Å²) in [6.07, 6.45) is 20.6. The fourth-order valence-electron chi connectivity index (χ4n) is 2.83. The molecule has 1 nitrogen and oxygen atoms in total. The van der Waals surface area contributed by atoms with Gasteiger partial charge >= 0.3 is 0 Å². The quantitative estimate of drug-likeness (QED) is 0.268. The average molecular weight is 316 g/mol. The minimum absolute atomic E-state index is 0. The lowest BCUT2D eigenvalue weighted by Crippen LogP contribution is -2.38. The van der Waals surface area contributed by atoms with Crippen molar-refractivity contribution in [2.24, 2.45) is 5.73 Å². The van der Waals surface area contributed by atoms with E-state index in [-0.39, 0.29) is 17.9 Å². The van der Waals surface area contributed by atoms with E-state index in [1.807, 2.05) is 12.2 Å². The minimum Gasteiger partial charge on any atom is -0.325 e. The normalized spacial score (nSPS) is 11.0. The lowest BCUT2D eigenvalue weighted by molar-refractivity contribution is 0.380. The lowest BCUT2D eigenvalue weighted by atomic mass is 9.86. The van der Waals surface area contributed by atoms with Gasteiger partial charge in [0.15, 0.2) is 0 Å². The maximum atomic E-state index is 6.39. The maximum Gasteiger partial charge on any atom is 0.0223 e. The Hall–Kier alpha value is -0.270. The molecule has 0 heterocycles. The van der Waals surface area contributed by atoms with Gasteiger partial charge in [0.25, 0.3) is 0 Å². The third-order valence-electron chi connectivity index (χ3n) is 4.13. The summed E-state index contributed by atoms with van der Waals surface area (Å²) in [5.74, 6) is 0. The zero-order chi connectivity index (χ0) is 15.1. The van der Waals surface area contributed by atoms with Crippen LogP contribution in [0.1, 0.15) is 90.4 Å². The maximum absolute atomic E-state index is 6.39. The van der Waals surface area contributed by atoms with E-state index in [2.05, 4.69) is 20.1 Å². The van der Waals surface area contributed by atoms with E-state index >= 15 is 0 Å². The first-order valence-corrected chi connectivity index (χ1v) is 8.69. The molecule has 0 aliphatic heterocycles. The van der Waals surface area contributed by atoms with E-state index in [9.17, 15) is 0 Å². The molecular weight excluding hydrogens is 278 g/mol. The molecule has 0 atom stereocenters. The second kappa shape index (κ2) is 16.1. The first-order chi connectivity index (χ1) is 9.68. The molecule has 0 spiro atoms. The molecule has 0 amide bonds. The van der Waals surface area contributed by atoms with Crippen molar-refractivity contribution in [3.05, 3.63) is 25.3 Å². The Balaban J connectivity index is 0. The van der Waals surface area contributed by atoms with E-state index in [4.69, 9.17) is 5.73 Å².